The van der Waals surface area contributed by atoms with Crippen molar-refractivity contribution in [1.82, 2.24) is 16.0 Å². The van der Waals surface area contributed by atoms with Gasteiger partial charge in [-0.15, -0.1) is 0 Å². The maximum atomic E-state index is 13.4. The monoisotopic (exact) mass is 528 g/mol. The number of aliphatic hydroxyl groups excluding tert-OH is 1. The van der Waals surface area contributed by atoms with Crippen molar-refractivity contribution in [2.45, 2.75) is 57.3 Å². The first-order valence-electron chi connectivity index (χ1n) is 12.4. The van der Waals surface area contributed by atoms with Crippen LogP contribution in [0.4, 0.5) is 0 Å². The van der Waals surface area contributed by atoms with Gasteiger partial charge in [-0.1, -0.05) is 62.7 Å². The summed E-state index contributed by atoms with van der Waals surface area (Å²) >= 11 is 0. The van der Waals surface area contributed by atoms with Crippen LogP contribution in [0.1, 0.15) is 31.4 Å². The molecule has 0 fully saturated rings. The van der Waals surface area contributed by atoms with Gasteiger partial charge in [-0.3, -0.25) is 14.4 Å². The highest BCUT2D eigenvalue weighted by molar-refractivity contribution is 5.94. The Balaban J connectivity index is 2.33. The molecule has 0 spiro atoms. The van der Waals surface area contributed by atoms with E-state index in [0.717, 1.165) is 5.56 Å². The van der Waals surface area contributed by atoms with Crippen molar-refractivity contribution < 1.29 is 34.5 Å². The summed E-state index contributed by atoms with van der Waals surface area (Å²) in [6.45, 7) is 2.88. The number of rotatable bonds is 14. The summed E-state index contributed by atoms with van der Waals surface area (Å²) < 4.78 is 0. The third-order valence-corrected chi connectivity index (χ3v) is 6.24. The normalized spacial score (nSPS) is 14.8. The molecule has 8 N–H and O–H groups in total. The lowest BCUT2D eigenvalue weighted by atomic mass is 9.97. The van der Waals surface area contributed by atoms with Crippen molar-refractivity contribution in [2.24, 2.45) is 11.7 Å². The van der Waals surface area contributed by atoms with Crippen LogP contribution in [0.3, 0.4) is 0 Å². The molecule has 5 atom stereocenters. The molecule has 0 radical (unpaired) electrons. The SMILES string of the molecule is CCC(C)C(NC(=O)C(Cc1ccc(O)cc1)NC(=O)C(Cc1ccccc1)NC(=O)C(N)CO)C(=O)O. The number of carbonyl (C=O) groups excluding carboxylic acids is 3. The van der Waals surface area contributed by atoms with E-state index in [-0.39, 0.29) is 24.5 Å². The van der Waals surface area contributed by atoms with E-state index in [9.17, 15) is 34.5 Å². The molecule has 38 heavy (non-hydrogen) atoms. The van der Waals surface area contributed by atoms with Gasteiger partial charge in [0, 0.05) is 12.8 Å². The Hall–Kier alpha value is -3.96. The lowest BCUT2D eigenvalue weighted by molar-refractivity contribution is -0.143. The minimum atomic E-state index is -1.25. The van der Waals surface area contributed by atoms with Crippen molar-refractivity contribution in [1.29, 1.82) is 0 Å². The number of aromatic hydroxyl groups is 1. The largest absolute Gasteiger partial charge is 0.508 e. The van der Waals surface area contributed by atoms with Crippen molar-refractivity contribution >= 4 is 23.7 Å². The van der Waals surface area contributed by atoms with Crippen LogP contribution in [-0.2, 0) is 32.0 Å². The van der Waals surface area contributed by atoms with Crippen LogP contribution in [0.25, 0.3) is 0 Å². The number of carbonyl (C=O) groups is 4. The van der Waals surface area contributed by atoms with Gasteiger partial charge in [0.25, 0.3) is 0 Å². The molecular formula is C27H36N4O7. The van der Waals surface area contributed by atoms with E-state index in [2.05, 4.69) is 16.0 Å². The van der Waals surface area contributed by atoms with Crippen molar-refractivity contribution in [2.75, 3.05) is 6.61 Å². The average Bonchev–Trinajstić information content (AvgIpc) is 2.91. The molecule has 11 heteroatoms. The Kier molecular flexibility index (Phi) is 11.7. The van der Waals surface area contributed by atoms with Gasteiger partial charge < -0.3 is 37.0 Å². The number of amides is 3. The Morgan fingerprint density at radius 3 is 1.82 bits per heavy atom. The molecule has 0 aromatic heterocycles. The van der Waals surface area contributed by atoms with Gasteiger partial charge in [-0.2, -0.15) is 0 Å². The number of carboxylic acid groups (broad SMARTS) is 1. The number of phenols is 1. The lowest BCUT2D eigenvalue weighted by Gasteiger charge is -2.26. The zero-order valence-corrected chi connectivity index (χ0v) is 21.5. The molecule has 2 rings (SSSR count). The standard InChI is InChI=1S/C27H36N4O7/c1-3-16(2)23(27(37)38)31-26(36)22(14-18-9-11-19(33)12-10-18)30-25(35)21(29-24(34)20(28)15-32)13-17-7-5-4-6-8-17/h4-12,16,20-23,32-33H,3,13-15,28H2,1-2H3,(H,29,34)(H,30,35)(H,31,36)(H,37,38). The maximum Gasteiger partial charge on any atom is 0.326 e. The van der Waals surface area contributed by atoms with E-state index in [1.165, 1.54) is 12.1 Å². The van der Waals surface area contributed by atoms with Crippen LogP contribution in [0.5, 0.6) is 5.75 Å². The zero-order chi connectivity index (χ0) is 28.2. The molecule has 0 aliphatic carbocycles. The minimum absolute atomic E-state index is 0.00709. The molecule has 0 bridgehead atoms. The molecule has 0 aliphatic heterocycles. The number of benzene rings is 2. The van der Waals surface area contributed by atoms with Gasteiger partial charge in [0.05, 0.1) is 6.61 Å². The van der Waals surface area contributed by atoms with Gasteiger partial charge in [-0.25, -0.2) is 4.79 Å². The Labute approximate surface area is 221 Å². The summed E-state index contributed by atoms with van der Waals surface area (Å²) in [5, 5.41) is 36.1. The summed E-state index contributed by atoms with van der Waals surface area (Å²) in [4.78, 5) is 50.9. The van der Waals surface area contributed by atoms with E-state index in [1.807, 2.05) is 0 Å². The van der Waals surface area contributed by atoms with Crippen LogP contribution in [0.2, 0.25) is 0 Å². The molecular weight excluding hydrogens is 492 g/mol. The number of aliphatic carboxylic acids is 1. The number of nitrogens with two attached hydrogens (primary N) is 1. The molecule has 11 nitrogen and oxygen atoms in total. The van der Waals surface area contributed by atoms with Crippen LogP contribution < -0.4 is 21.7 Å². The predicted molar refractivity (Wildman–Crippen MR) is 140 cm³/mol. The number of aliphatic hydroxyl groups is 1. The van der Waals surface area contributed by atoms with Crippen molar-refractivity contribution in [3.05, 3.63) is 65.7 Å². The number of hydrogen-bond acceptors (Lipinski definition) is 7. The summed E-state index contributed by atoms with van der Waals surface area (Å²) in [5.74, 6) is -3.70. The first-order chi connectivity index (χ1) is 18.0. The Bertz CT molecular complexity index is 1080. The highest BCUT2D eigenvalue weighted by Crippen LogP contribution is 2.13. The average molecular weight is 529 g/mol. The first-order valence-corrected chi connectivity index (χ1v) is 12.4. The van der Waals surface area contributed by atoms with Crippen LogP contribution >= 0.6 is 0 Å². The topological polar surface area (TPSA) is 191 Å². The highest BCUT2D eigenvalue weighted by atomic mass is 16.4. The molecule has 2 aromatic carbocycles. The quantitative estimate of drug-likeness (QED) is 0.179. The molecule has 0 saturated carbocycles. The van der Waals surface area contributed by atoms with E-state index < -0.39 is 54.5 Å². The van der Waals surface area contributed by atoms with Crippen LogP contribution in [-0.4, -0.2) is 69.8 Å². The lowest BCUT2D eigenvalue weighted by Crippen LogP contribution is -2.59. The number of hydrogen-bond donors (Lipinski definition) is 7. The summed E-state index contributed by atoms with van der Waals surface area (Å²) in [6, 6.07) is 10.1. The summed E-state index contributed by atoms with van der Waals surface area (Å²) in [6.07, 6.45) is 0.574. The third-order valence-electron chi connectivity index (χ3n) is 6.24. The third kappa shape index (κ3) is 9.16. The Morgan fingerprint density at radius 1 is 0.816 bits per heavy atom. The van der Waals surface area contributed by atoms with Gasteiger partial charge >= 0.3 is 5.97 Å². The van der Waals surface area contributed by atoms with Crippen molar-refractivity contribution in [3.63, 3.8) is 0 Å². The second-order valence-corrected chi connectivity index (χ2v) is 9.18. The molecule has 3 amide bonds. The zero-order valence-electron chi connectivity index (χ0n) is 21.5. The van der Waals surface area contributed by atoms with Crippen molar-refractivity contribution in [3.8, 4) is 5.75 Å². The first kappa shape index (κ1) is 30.3. The molecule has 0 saturated heterocycles. The smallest absolute Gasteiger partial charge is 0.326 e. The van der Waals surface area contributed by atoms with Crippen LogP contribution in [0, 0.1) is 5.92 Å². The molecule has 2 aromatic rings. The highest BCUT2D eigenvalue weighted by Gasteiger charge is 2.32. The van der Waals surface area contributed by atoms with E-state index >= 15 is 0 Å². The molecule has 0 heterocycles. The van der Waals surface area contributed by atoms with Gasteiger partial charge in [-0.05, 0) is 29.2 Å². The minimum Gasteiger partial charge on any atom is -0.508 e. The fourth-order valence-corrected chi connectivity index (χ4v) is 3.71. The van der Waals surface area contributed by atoms with Gasteiger partial charge in [0.2, 0.25) is 17.7 Å². The molecule has 5 unspecified atom stereocenters. The summed E-state index contributed by atoms with van der Waals surface area (Å²) in [5.41, 5.74) is 6.94. The second-order valence-electron chi connectivity index (χ2n) is 9.18. The summed E-state index contributed by atoms with van der Waals surface area (Å²) in [7, 11) is 0. The number of nitrogens with one attached hydrogen (secondary N) is 3. The fraction of sp³-hybridized carbons (Fsp3) is 0.407. The van der Waals surface area contributed by atoms with Gasteiger partial charge in [0.15, 0.2) is 0 Å². The van der Waals surface area contributed by atoms with E-state index in [0.29, 0.717) is 12.0 Å². The van der Waals surface area contributed by atoms with E-state index in [1.54, 1.807) is 56.3 Å². The van der Waals surface area contributed by atoms with Gasteiger partial charge in [0.1, 0.15) is 29.9 Å². The molecule has 206 valence electrons. The van der Waals surface area contributed by atoms with Crippen LogP contribution in [0.15, 0.2) is 54.6 Å². The Morgan fingerprint density at radius 2 is 1.32 bits per heavy atom. The number of carboxylic acids is 1. The van der Waals surface area contributed by atoms with E-state index in [4.69, 9.17) is 5.73 Å². The fourth-order valence-electron chi connectivity index (χ4n) is 3.71. The second kappa shape index (κ2) is 14.7. The predicted octanol–water partition coefficient (Wildman–Crippen LogP) is 0.0821. The molecule has 0 aliphatic rings. The maximum absolute atomic E-state index is 13.4. The number of phenolic OH excluding ortho intramolecular Hbond substituents is 1.